The number of hydrogen-bond acceptors (Lipinski definition) is 3. The zero-order valence-electron chi connectivity index (χ0n) is 7.89. The predicted octanol–water partition coefficient (Wildman–Crippen LogP) is 0.429. The first kappa shape index (κ1) is 9.29. The monoisotopic (exact) mass is 167 g/mol. The zero-order chi connectivity index (χ0) is 9.52. The SMILES string of the molecule is CC1=CC(N)(N)C(C)C(C)=C1N. The highest BCUT2D eigenvalue weighted by molar-refractivity contribution is 5.40. The van der Waals surface area contributed by atoms with E-state index in [1.807, 2.05) is 26.8 Å². The summed E-state index contributed by atoms with van der Waals surface area (Å²) in [5.74, 6) is 0.112. The smallest absolute Gasteiger partial charge is 0.0899 e. The van der Waals surface area contributed by atoms with Crippen molar-refractivity contribution in [1.82, 2.24) is 0 Å². The summed E-state index contributed by atoms with van der Waals surface area (Å²) in [4.78, 5) is 0. The van der Waals surface area contributed by atoms with Crippen LogP contribution in [0.1, 0.15) is 20.8 Å². The Morgan fingerprint density at radius 3 is 2.33 bits per heavy atom. The minimum Gasteiger partial charge on any atom is -0.399 e. The Bertz CT molecular complexity index is 261. The minimum atomic E-state index is -0.739. The molecule has 1 aliphatic rings. The third-order valence-electron chi connectivity index (χ3n) is 2.72. The highest BCUT2D eigenvalue weighted by Crippen LogP contribution is 2.29. The molecular weight excluding hydrogens is 150 g/mol. The van der Waals surface area contributed by atoms with Crippen molar-refractivity contribution in [1.29, 1.82) is 0 Å². The Morgan fingerprint density at radius 2 is 1.83 bits per heavy atom. The summed E-state index contributed by atoms with van der Waals surface area (Å²) in [5.41, 5.74) is 19.7. The number of nitrogens with two attached hydrogens (primary N) is 3. The Balaban J connectivity index is 3.15. The standard InChI is InChI=1S/C9H17N3/c1-5-4-9(11,12)7(3)6(2)8(5)10/h4,7H,10-12H2,1-3H3. The predicted molar refractivity (Wildman–Crippen MR) is 50.9 cm³/mol. The van der Waals surface area contributed by atoms with Crippen LogP contribution in [-0.2, 0) is 0 Å². The molecule has 0 fully saturated rings. The molecule has 1 atom stereocenters. The average Bonchev–Trinajstić information content (AvgIpc) is 1.97. The van der Waals surface area contributed by atoms with Gasteiger partial charge < -0.3 is 17.2 Å². The lowest BCUT2D eigenvalue weighted by Gasteiger charge is -2.34. The minimum absolute atomic E-state index is 0.112. The van der Waals surface area contributed by atoms with Crippen LogP contribution in [-0.4, -0.2) is 5.66 Å². The van der Waals surface area contributed by atoms with Crippen molar-refractivity contribution >= 4 is 0 Å². The fourth-order valence-corrected chi connectivity index (χ4v) is 1.50. The van der Waals surface area contributed by atoms with Crippen LogP contribution in [0.5, 0.6) is 0 Å². The van der Waals surface area contributed by atoms with E-state index in [-0.39, 0.29) is 5.92 Å². The van der Waals surface area contributed by atoms with Crippen molar-refractivity contribution in [2.45, 2.75) is 26.4 Å². The van der Waals surface area contributed by atoms with Crippen LogP contribution < -0.4 is 17.2 Å². The molecule has 0 aromatic rings. The van der Waals surface area contributed by atoms with Crippen LogP contribution in [0.25, 0.3) is 0 Å². The van der Waals surface area contributed by atoms with Gasteiger partial charge in [0, 0.05) is 11.6 Å². The van der Waals surface area contributed by atoms with Gasteiger partial charge in [-0.3, -0.25) is 0 Å². The summed E-state index contributed by atoms with van der Waals surface area (Å²) in [5, 5.41) is 0. The van der Waals surface area contributed by atoms with Gasteiger partial charge >= 0.3 is 0 Å². The van der Waals surface area contributed by atoms with E-state index in [1.54, 1.807) is 0 Å². The lowest BCUT2D eigenvalue weighted by molar-refractivity contribution is 0.406. The van der Waals surface area contributed by atoms with E-state index in [4.69, 9.17) is 17.2 Å². The fourth-order valence-electron chi connectivity index (χ4n) is 1.50. The molecule has 3 heteroatoms. The van der Waals surface area contributed by atoms with Gasteiger partial charge in [0.1, 0.15) is 0 Å². The Labute approximate surface area is 73.3 Å². The number of allylic oxidation sites excluding steroid dienone is 1. The van der Waals surface area contributed by atoms with Gasteiger partial charge in [0.25, 0.3) is 0 Å². The summed E-state index contributed by atoms with van der Waals surface area (Å²) in [6.45, 7) is 5.90. The van der Waals surface area contributed by atoms with E-state index in [0.29, 0.717) is 0 Å². The molecule has 1 aliphatic carbocycles. The molecule has 0 spiro atoms. The van der Waals surface area contributed by atoms with Gasteiger partial charge in [0.2, 0.25) is 0 Å². The molecule has 0 aromatic heterocycles. The third kappa shape index (κ3) is 1.26. The van der Waals surface area contributed by atoms with E-state index < -0.39 is 5.66 Å². The Morgan fingerprint density at radius 1 is 1.33 bits per heavy atom. The summed E-state index contributed by atoms with van der Waals surface area (Å²) in [6, 6.07) is 0. The third-order valence-corrected chi connectivity index (χ3v) is 2.72. The van der Waals surface area contributed by atoms with Crippen LogP contribution in [0.4, 0.5) is 0 Å². The van der Waals surface area contributed by atoms with Gasteiger partial charge in [-0.2, -0.15) is 0 Å². The molecule has 0 aromatic carbocycles. The highest BCUT2D eigenvalue weighted by Gasteiger charge is 2.31. The van der Waals surface area contributed by atoms with Gasteiger partial charge in [-0.05, 0) is 31.1 Å². The van der Waals surface area contributed by atoms with Gasteiger partial charge in [-0.1, -0.05) is 6.92 Å². The molecule has 68 valence electrons. The Hall–Kier alpha value is -0.800. The molecule has 6 N–H and O–H groups in total. The van der Waals surface area contributed by atoms with Crippen molar-refractivity contribution in [3.63, 3.8) is 0 Å². The second kappa shape index (κ2) is 2.61. The second-order valence-electron chi connectivity index (χ2n) is 3.65. The maximum atomic E-state index is 5.88. The summed E-state index contributed by atoms with van der Waals surface area (Å²) < 4.78 is 0. The van der Waals surface area contributed by atoms with Crippen LogP contribution in [0.15, 0.2) is 22.9 Å². The molecule has 0 aliphatic heterocycles. The highest BCUT2D eigenvalue weighted by atomic mass is 15.0. The van der Waals surface area contributed by atoms with Gasteiger partial charge in [0.15, 0.2) is 0 Å². The molecule has 0 radical (unpaired) electrons. The largest absolute Gasteiger partial charge is 0.399 e. The lowest BCUT2D eigenvalue weighted by Crippen LogP contribution is -2.55. The first-order valence-electron chi connectivity index (χ1n) is 4.10. The second-order valence-corrected chi connectivity index (χ2v) is 3.65. The molecule has 0 saturated heterocycles. The molecule has 3 nitrogen and oxygen atoms in total. The van der Waals surface area contributed by atoms with Crippen molar-refractivity contribution in [3.05, 3.63) is 22.9 Å². The maximum Gasteiger partial charge on any atom is 0.0899 e. The molecule has 0 bridgehead atoms. The van der Waals surface area contributed by atoms with Crippen molar-refractivity contribution < 1.29 is 0 Å². The fraction of sp³-hybridized carbons (Fsp3) is 0.556. The number of hydrogen-bond donors (Lipinski definition) is 3. The number of rotatable bonds is 0. The van der Waals surface area contributed by atoms with Gasteiger partial charge in [-0.25, -0.2) is 0 Å². The first-order chi connectivity index (χ1) is 5.36. The molecule has 12 heavy (non-hydrogen) atoms. The van der Waals surface area contributed by atoms with E-state index >= 15 is 0 Å². The summed E-state index contributed by atoms with van der Waals surface area (Å²) in [6.07, 6.45) is 1.83. The zero-order valence-corrected chi connectivity index (χ0v) is 7.89. The van der Waals surface area contributed by atoms with E-state index in [0.717, 1.165) is 16.8 Å². The van der Waals surface area contributed by atoms with Crippen molar-refractivity contribution in [2.75, 3.05) is 0 Å². The first-order valence-corrected chi connectivity index (χ1v) is 4.10. The summed E-state index contributed by atoms with van der Waals surface area (Å²) >= 11 is 0. The van der Waals surface area contributed by atoms with E-state index in [9.17, 15) is 0 Å². The van der Waals surface area contributed by atoms with Crippen LogP contribution in [0.2, 0.25) is 0 Å². The molecule has 1 rings (SSSR count). The Kier molecular flexibility index (Phi) is 2.02. The molecule has 0 saturated carbocycles. The van der Waals surface area contributed by atoms with Crippen LogP contribution in [0, 0.1) is 5.92 Å². The van der Waals surface area contributed by atoms with Gasteiger partial charge in [0.05, 0.1) is 5.66 Å². The summed E-state index contributed by atoms with van der Waals surface area (Å²) in [7, 11) is 0. The van der Waals surface area contributed by atoms with Gasteiger partial charge in [-0.15, -0.1) is 0 Å². The molecule has 0 amide bonds. The topological polar surface area (TPSA) is 78.1 Å². The van der Waals surface area contributed by atoms with E-state index in [2.05, 4.69) is 0 Å². The molecule has 1 unspecified atom stereocenters. The van der Waals surface area contributed by atoms with Crippen molar-refractivity contribution in [3.8, 4) is 0 Å². The van der Waals surface area contributed by atoms with E-state index in [1.165, 1.54) is 0 Å². The van der Waals surface area contributed by atoms with Crippen LogP contribution >= 0.6 is 0 Å². The van der Waals surface area contributed by atoms with Crippen LogP contribution in [0.3, 0.4) is 0 Å². The van der Waals surface area contributed by atoms with Crippen molar-refractivity contribution in [2.24, 2.45) is 23.1 Å². The lowest BCUT2D eigenvalue weighted by atomic mass is 9.81. The maximum absolute atomic E-state index is 5.88. The molecule has 0 heterocycles. The normalized spacial score (nSPS) is 28.8. The average molecular weight is 167 g/mol. The molecular formula is C9H17N3. The quantitative estimate of drug-likeness (QED) is 0.458.